The Morgan fingerprint density at radius 3 is 2.86 bits per heavy atom. The number of nitrogens with zero attached hydrogens (tertiary/aromatic N) is 3. The SMILES string of the molecule is C=CCn1c(COc2ccc(F)cc2)nnc1S[C@@H](C)C(=O)NCc1ccco1. The Labute approximate surface area is 172 Å². The normalized spacial score (nSPS) is 11.8. The van der Waals surface area contributed by atoms with Gasteiger partial charge in [0, 0.05) is 6.54 Å². The summed E-state index contributed by atoms with van der Waals surface area (Å²) in [6, 6.07) is 9.32. The maximum atomic E-state index is 13.0. The monoisotopic (exact) mass is 416 g/mol. The summed E-state index contributed by atoms with van der Waals surface area (Å²) in [6.07, 6.45) is 3.28. The van der Waals surface area contributed by atoms with Gasteiger partial charge >= 0.3 is 0 Å². The Morgan fingerprint density at radius 1 is 1.38 bits per heavy atom. The average molecular weight is 416 g/mol. The minimum absolute atomic E-state index is 0.135. The van der Waals surface area contributed by atoms with Crippen molar-refractivity contribution < 1.29 is 18.3 Å². The number of hydrogen-bond acceptors (Lipinski definition) is 6. The predicted octanol–water partition coefficient (Wildman–Crippen LogP) is 3.57. The van der Waals surface area contributed by atoms with Crippen LogP contribution in [0, 0.1) is 5.82 Å². The lowest BCUT2D eigenvalue weighted by Gasteiger charge is -2.12. The lowest BCUT2D eigenvalue weighted by atomic mass is 10.3. The molecule has 0 fully saturated rings. The molecule has 152 valence electrons. The molecule has 7 nitrogen and oxygen atoms in total. The molecule has 1 aromatic carbocycles. The lowest BCUT2D eigenvalue weighted by molar-refractivity contribution is -0.120. The number of benzene rings is 1. The second kappa shape index (κ2) is 9.92. The van der Waals surface area contributed by atoms with Gasteiger partial charge in [0.1, 0.15) is 23.9 Å². The molecule has 0 bridgehead atoms. The van der Waals surface area contributed by atoms with E-state index >= 15 is 0 Å². The number of nitrogens with one attached hydrogen (secondary N) is 1. The Balaban J connectivity index is 1.61. The molecule has 0 aliphatic carbocycles. The van der Waals surface area contributed by atoms with Crippen molar-refractivity contribution in [1.29, 1.82) is 0 Å². The van der Waals surface area contributed by atoms with E-state index in [0.29, 0.717) is 35.6 Å². The van der Waals surface area contributed by atoms with E-state index in [-0.39, 0.29) is 23.6 Å². The van der Waals surface area contributed by atoms with Gasteiger partial charge in [0.15, 0.2) is 11.0 Å². The largest absolute Gasteiger partial charge is 0.486 e. The predicted molar refractivity (Wildman–Crippen MR) is 107 cm³/mol. The van der Waals surface area contributed by atoms with Gasteiger partial charge in [-0.05, 0) is 43.3 Å². The number of furan rings is 1. The number of halogens is 1. The summed E-state index contributed by atoms with van der Waals surface area (Å²) in [5, 5.41) is 11.4. The Kier molecular flexibility index (Phi) is 7.07. The molecule has 29 heavy (non-hydrogen) atoms. The van der Waals surface area contributed by atoms with Crippen LogP contribution in [0.2, 0.25) is 0 Å². The third-order valence-electron chi connectivity index (χ3n) is 3.96. The fraction of sp³-hybridized carbons (Fsp3) is 0.250. The molecule has 1 amide bonds. The van der Waals surface area contributed by atoms with Crippen LogP contribution in [0.3, 0.4) is 0 Å². The number of rotatable bonds is 10. The molecule has 0 saturated carbocycles. The van der Waals surface area contributed by atoms with E-state index in [1.54, 1.807) is 43.5 Å². The van der Waals surface area contributed by atoms with Crippen molar-refractivity contribution >= 4 is 17.7 Å². The zero-order valence-electron chi connectivity index (χ0n) is 15.9. The summed E-state index contributed by atoms with van der Waals surface area (Å²) in [5.74, 6) is 1.33. The van der Waals surface area contributed by atoms with E-state index in [4.69, 9.17) is 9.15 Å². The highest BCUT2D eigenvalue weighted by Crippen LogP contribution is 2.23. The minimum atomic E-state index is -0.386. The summed E-state index contributed by atoms with van der Waals surface area (Å²) in [4.78, 5) is 12.4. The van der Waals surface area contributed by atoms with Gasteiger partial charge in [-0.25, -0.2) is 4.39 Å². The number of thioether (sulfide) groups is 1. The first-order chi connectivity index (χ1) is 14.1. The first-order valence-corrected chi connectivity index (χ1v) is 9.83. The number of aromatic nitrogens is 3. The lowest BCUT2D eigenvalue weighted by Crippen LogP contribution is -2.30. The number of amides is 1. The Hall–Kier alpha value is -3.07. The zero-order valence-corrected chi connectivity index (χ0v) is 16.7. The van der Waals surface area contributed by atoms with Gasteiger partial charge in [-0.3, -0.25) is 9.36 Å². The highest BCUT2D eigenvalue weighted by Gasteiger charge is 2.20. The first kappa shape index (κ1) is 20.7. The van der Waals surface area contributed by atoms with Crippen molar-refractivity contribution in [3.63, 3.8) is 0 Å². The van der Waals surface area contributed by atoms with Crippen LogP contribution in [-0.4, -0.2) is 25.9 Å². The fourth-order valence-electron chi connectivity index (χ4n) is 2.45. The van der Waals surface area contributed by atoms with Crippen molar-refractivity contribution in [3.05, 3.63) is 72.7 Å². The topological polar surface area (TPSA) is 82.2 Å². The summed E-state index contributed by atoms with van der Waals surface area (Å²) in [5.41, 5.74) is 0. The van der Waals surface area contributed by atoms with Gasteiger partial charge in [0.25, 0.3) is 0 Å². The maximum absolute atomic E-state index is 13.0. The number of carbonyl (C=O) groups is 1. The molecular formula is C20H21FN4O3S. The number of ether oxygens (including phenoxy) is 1. The molecule has 0 saturated heterocycles. The summed E-state index contributed by atoms with van der Waals surface area (Å²) >= 11 is 1.29. The van der Waals surface area contributed by atoms with Gasteiger partial charge < -0.3 is 14.5 Å². The molecular weight excluding hydrogens is 395 g/mol. The fourth-order valence-corrected chi connectivity index (χ4v) is 3.35. The summed E-state index contributed by atoms with van der Waals surface area (Å²) in [6.45, 7) is 6.51. The van der Waals surface area contributed by atoms with E-state index in [2.05, 4.69) is 22.1 Å². The van der Waals surface area contributed by atoms with Crippen molar-refractivity contribution in [3.8, 4) is 5.75 Å². The molecule has 9 heteroatoms. The van der Waals surface area contributed by atoms with Crippen molar-refractivity contribution in [1.82, 2.24) is 20.1 Å². The zero-order chi connectivity index (χ0) is 20.6. The first-order valence-electron chi connectivity index (χ1n) is 8.95. The maximum Gasteiger partial charge on any atom is 0.233 e. The molecule has 1 N–H and O–H groups in total. The molecule has 0 aliphatic rings. The van der Waals surface area contributed by atoms with Crippen molar-refractivity contribution in [2.45, 2.75) is 37.0 Å². The van der Waals surface area contributed by atoms with Gasteiger partial charge in [-0.2, -0.15) is 0 Å². The van der Waals surface area contributed by atoms with E-state index in [0.717, 1.165) is 0 Å². The molecule has 3 aromatic rings. The number of allylic oxidation sites excluding steroid dienone is 1. The third-order valence-corrected chi connectivity index (χ3v) is 5.04. The van der Waals surface area contributed by atoms with Crippen LogP contribution in [0.5, 0.6) is 5.75 Å². The van der Waals surface area contributed by atoms with Crippen LogP contribution in [0.25, 0.3) is 0 Å². The quantitative estimate of drug-likeness (QED) is 0.402. The third kappa shape index (κ3) is 5.71. The van der Waals surface area contributed by atoms with Gasteiger partial charge in [-0.1, -0.05) is 17.8 Å². The van der Waals surface area contributed by atoms with Crippen LogP contribution in [-0.2, 0) is 24.5 Å². The van der Waals surface area contributed by atoms with E-state index in [1.807, 2.05) is 4.57 Å². The van der Waals surface area contributed by atoms with E-state index in [9.17, 15) is 9.18 Å². The molecule has 0 radical (unpaired) electrons. The van der Waals surface area contributed by atoms with Gasteiger partial charge in [-0.15, -0.1) is 16.8 Å². The molecule has 1 atom stereocenters. The van der Waals surface area contributed by atoms with Gasteiger partial charge in [0.05, 0.1) is 18.1 Å². The molecule has 0 spiro atoms. The summed E-state index contributed by atoms with van der Waals surface area (Å²) in [7, 11) is 0. The minimum Gasteiger partial charge on any atom is -0.486 e. The molecule has 2 heterocycles. The molecule has 3 rings (SSSR count). The second-order valence-corrected chi connectivity index (χ2v) is 7.41. The summed E-state index contributed by atoms with van der Waals surface area (Å²) < 4.78 is 25.7. The van der Waals surface area contributed by atoms with Crippen LogP contribution in [0.4, 0.5) is 4.39 Å². The van der Waals surface area contributed by atoms with Crippen LogP contribution < -0.4 is 10.1 Å². The van der Waals surface area contributed by atoms with Crippen LogP contribution in [0.15, 0.2) is 64.9 Å². The van der Waals surface area contributed by atoms with E-state index < -0.39 is 0 Å². The highest BCUT2D eigenvalue weighted by molar-refractivity contribution is 8.00. The average Bonchev–Trinajstić information content (AvgIpc) is 3.37. The molecule has 0 unspecified atom stereocenters. The molecule has 2 aromatic heterocycles. The van der Waals surface area contributed by atoms with Gasteiger partial charge in [0.2, 0.25) is 5.91 Å². The van der Waals surface area contributed by atoms with Crippen molar-refractivity contribution in [2.75, 3.05) is 0 Å². The standard InChI is InChI=1S/C20H21FN4O3S/c1-3-10-25-18(13-28-16-8-6-15(21)7-9-16)23-24-20(25)29-14(2)19(26)22-12-17-5-4-11-27-17/h3-9,11,14H,1,10,12-13H2,2H3,(H,22,26)/t14-/m0/s1. The molecule has 0 aliphatic heterocycles. The number of hydrogen-bond donors (Lipinski definition) is 1. The Bertz CT molecular complexity index is 941. The smallest absolute Gasteiger partial charge is 0.233 e. The van der Waals surface area contributed by atoms with E-state index in [1.165, 1.54) is 23.9 Å². The Morgan fingerprint density at radius 2 is 2.17 bits per heavy atom. The van der Waals surface area contributed by atoms with Crippen LogP contribution in [0.1, 0.15) is 18.5 Å². The van der Waals surface area contributed by atoms with Crippen LogP contribution >= 0.6 is 11.8 Å². The van der Waals surface area contributed by atoms with Crippen molar-refractivity contribution in [2.24, 2.45) is 0 Å². The second-order valence-electron chi connectivity index (χ2n) is 6.10. The highest BCUT2D eigenvalue weighted by atomic mass is 32.2. The number of carbonyl (C=O) groups excluding carboxylic acids is 1.